The van der Waals surface area contributed by atoms with Gasteiger partial charge in [-0.3, -0.25) is 4.98 Å². The van der Waals surface area contributed by atoms with Crippen molar-refractivity contribution in [3.05, 3.63) is 78.1 Å². The van der Waals surface area contributed by atoms with Crippen LogP contribution < -0.4 is 0 Å². The van der Waals surface area contributed by atoms with Gasteiger partial charge in [0.1, 0.15) is 0 Å². The summed E-state index contributed by atoms with van der Waals surface area (Å²) in [7, 11) is 0. The SMILES string of the molecule is Cc1cc2ccccc2n1Cc1ccc2ncccc2c1. The second-order valence-electron chi connectivity index (χ2n) is 5.46. The van der Waals surface area contributed by atoms with E-state index >= 15 is 0 Å². The molecule has 0 radical (unpaired) electrons. The Hall–Kier alpha value is -2.61. The average Bonchev–Trinajstić information content (AvgIpc) is 2.83. The Labute approximate surface area is 123 Å². The summed E-state index contributed by atoms with van der Waals surface area (Å²) in [6.45, 7) is 3.06. The number of hydrogen-bond donors (Lipinski definition) is 0. The summed E-state index contributed by atoms with van der Waals surface area (Å²) >= 11 is 0. The molecular formula is C19H16N2. The molecule has 21 heavy (non-hydrogen) atoms. The topological polar surface area (TPSA) is 17.8 Å². The second-order valence-corrected chi connectivity index (χ2v) is 5.46. The molecule has 2 heterocycles. The lowest BCUT2D eigenvalue weighted by Crippen LogP contribution is -2.01. The van der Waals surface area contributed by atoms with Gasteiger partial charge < -0.3 is 4.57 Å². The summed E-state index contributed by atoms with van der Waals surface area (Å²) in [5.74, 6) is 0. The molecule has 0 spiro atoms. The van der Waals surface area contributed by atoms with Crippen LogP contribution in [0.1, 0.15) is 11.3 Å². The zero-order chi connectivity index (χ0) is 14.2. The molecule has 0 bridgehead atoms. The highest BCUT2D eigenvalue weighted by Gasteiger charge is 2.06. The number of benzene rings is 2. The van der Waals surface area contributed by atoms with Gasteiger partial charge in [0.2, 0.25) is 0 Å². The fraction of sp³-hybridized carbons (Fsp3) is 0.105. The summed E-state index contributed by atoms with van der Waals surface area (Å²) in [5.41, 5.74) is 4.94. The van der Waals surface area contributed by atoms with E-state index in [1.165, 1.54) is 27.5 Å². The van der Waals surface area contributed by atoms with Crippen LogP contribution in [0.4, 0.5) is 0 Å². The van der Waals surface area contributed by atoms with Crippen molar-refractivity contribution in [1.82, 2.24) is 9.55 Å². The van der Waals surface area contributed by atoms with Gasteiger partial charge in [0.05, 0.1) is 5.52 Å². The van der Waals surface area contributed by atoms with Gasteiger partial charge in [-0.05, 0) is 48.2 Å². The van der Waals surface area contributed by atoms with Gasteiger partial charge in [0.15, 0.2) is 0 Å². The third-order valence-corrected chi connectivity index (χ3v) is 4.03. The van der Waals surface area contributed by atoms with E-state index in [1.807, 2.05) is 12.3 Å². The van der Waals surface area contributed by atoms with Gasteiger partial charge in [-0.25, -0.2) is 0 Å². The maximum absolute atomic E-state index is 4.38. The number of fused-ring (bicyclic) bond motifs is 2. The molecule has 0 aliphatic heterocycles. The van der Waals surface area contributed by atoms with Gasteiger partial charge in [-0.15, -0.1) is 0 Å². The van der Waals surface area contributed by atoms with Gasteiger partial charge in [-0.2, -0.15) is 0 Å². The molecule has 0 saturated heterocycles. The lowest BCUT2D eigenvalue weighted by Gasteiger charge is -2.09. The van der Waals surface area contributed by atoms with Crippen molar-refractivity contribution >= 4 is 21.8 Å². The molecule has 2 aromatic carbocycles. The standard InChI is InChI=1S/C19H16N2/c1-14-11-17-5-2-3-7-19(17)21(14)13-15-8-9-18-16(12-15)6-4-10-20-18/h2-12H,13H2,1H3. The minimum atomic E-state index is 0.893. The van der Waals surface area contributed by atoms with Crippen LogP contribution in [0.3, 0.4) is 0 Å². The molecule has 102 valence electrons. The Kier molecular flexibility index (Phi) is 2.74. The number of para-hydroxylation sites is 1. The molecular weight excluding hydrogens is 256 g/mol. The summed E-state index contributed by atoms with van der Waals surface area (Å²) in [5, 5.41) is 2.50. The fourth-order valence-corrected chi connectivity index (χ4v) is 2.96. The number of aryl methyl sites for hydroxylation is 1. The van der Waals surface area contributed by atoms with E-state index in [4.69, 9.17) is 0 Å². The van der Waals surface area contributed by atoms with Crippen LogP contribution in [0.2, 0.25) is 0 Å². The predicted molar refractivity (Wildman–Crippen MR) is 87.5 cm³/mol. The molecule has 2 nitrogen and oxygen atoms in total. The molecule has 4 aromatic rings. The van der Waals surface area contributed by atoms with Crippen molar-refractivity contribution < 1.29 is 0 Å². The highest BCUT2D eigenvalue weighted by Crippen LogP contribution is 2.22. The van der Waals surface area contributed by atoms with Crippen LogP contribution in [0.15, 0.2) is 66.9 Å². The van der Waals surface area contributed by atoms with Gasteiger partial charge in [0, 0.05) is 29.3 Å². The normalized spacial score (nSPS) is 11.3. The minimum absolute atomic E-state index is 0.893. The Morgan fingerprint density at radius 3 is 2.71 bits per heavy atom. The molecule has 4 rings (SSSR count). The lowest BCUT2D eigenvalue weighted by atomic mass is 10.1. The Morgan fingerprint density at radius 1 is 0.905 bits per heavy atom. The second kappa shape index (κ2) is 4.74. The smallest absolute Gasteiger partial charge is 0.0702 e. The highest BCUT2D eigenvalue weighted by molar-refractivity contribution is 5.82. The summed E-state index contributed by atoms with van der Waals surface area (Å²) in [6.07, 6.45) is 1.84. The highest BCUT2D eigenvalue weighted by atomic mass is 15.0. The first kappa shape index (κ1) is 12.2. The number of nitrogens with zero attached hydrogens (tertiary/aromatic N) is 2. The van der Waals surface area contributed by atoms with Crippen LogP contribution >= 0.6 is 0 Å². The van der Waals surface area contributed by atoms with Gasteiger partial charge in [-0.1, -0.05) is 30.3 Å². The first-order chi connectivity index (χ1) is 10.3. The third kappa shape index (κ3) is 2.09. The zero-order valence-corrected chi connectivity index (χ0v) is 12.0. The van der Waals surface area contributed by atoms with E-state index in [9.17, 15) is 0 Å². The van der Waals surface area contributed by atoms with E-state index in [0.717, 1.165) is 12.1 Å². The summed E-state index contributed by atoms with van der Waals surface area (Å²) in [4.78, 5) is 4.38. The Bertz CT molecular complexity index is 935. The number of aromatic nitrogens is 2. The molecule has 2 aromatic heterocycles. The summed E-state index contributed by atoms with van der Waals surface area (Å²) < 4.78 is 2.37. The van der Waals surface area contributed by atoms with Crippen LogP contribution in [0.25, 0.3) is 21.8 Å². The van der Waals surface area contributed by atoms with Crippen LogP contribution in [-0.2, 0) is 6.54 Å². The number of pyridine rings is 1. The first-order valence-corrected chi connectivity index (χ1v) is 7.20. The lowest BCUT2D eigenvalue weighted by molar-refractivity contribution is 0.806. The number of hydrogen-bond acceptors (Lipinski definition) is 1. The fourth-order valence-electron chi connectivity index (χ4n) is 2.96. The van der Waals surface area contributed by atoms with Crippen molar-refractivity contribution in [2.75, 3.05) is 0 Å². The molecule has 0 aliphatic carbocycles. The Morgan fingerprint density at radius 2 is 1.76 bits per heavy atom. The van der Waals surface area contributed by atoms with E-state index in [-0.39, 0.29) is 0 Å². The van der Waals surface area contributed by atoms with E-state index in [2.05, 4.69) is 71.1 Å². The molecule has 0 amide bonds. The average molecular weight is 272 g/mol. The first-order valence-electron chi connectivity index (χ1n) is 7.20. The predicted octanol–water partition coefficient (Wildman–Crippen LogP) is 4.55. The minimum Gasteiger partial charge on any atom is -0.340 e. The molecule has 0 saturated carbocycles. The van der Waals surface area contributed by atoms with Crippen LogP contribution in [0, 0.1) is 6.92 Å². The maximum atomic E-state index is 4.38. The molecule has 0 N–H and O–H groups in total. The summed E-state index contributed by atoms with van der Waals surface area (Å²) in [6, 6.07) is 21.4. The van der Waals surface area contributed by atoms with Crippen molar-refractivity contribution in [3.8, 4) is 0 Å². The van der Waals surface area contributed by atoms with E-state index < -0.39 is 0 Å². The van der Waals surface area contributed by atoms with Gasteiger partial charge in [0.25, 0.3) is 0 Å². The van der Waals surface area contributed by atoms with Crippen LogP contribution in [-0.4, -0.2) is 9.55 Å². The third-order valence-electron chi connectivity index (χ3n) is 4.03. The van der Waals surface area contributed by atoms with Crippen molar-refractivity contribution in [1.29, 1.82) is 0 Å². The molecule has 0 unspecified atom stereocenters. The molecule has 0 aliphatic rings. The zero-order valence-electron chi connectivity index (χ0n) is 12.0. The molecule has 2 heteroatoms. The van der Waals surface area contributed by atoms with E-state index in [0.29, 0.717) is 0 Å². The van der Waals surface area contributed by atoms with E-state index in [1.54, 1.807) is 0 Å². The van der Waals surface area contributed by atoms with Crippen molar-refractivity contribution in [3.63, 3.8) is 0 Å². The molecule has 0 atom stereocenters. The van der Waals surface area contributed by atoms with Crippen molar-refractivity contribution in [2.24, 2.45) is 0 Å². The number of rotatable bonds is 2. The van der Waals surface area contributed by atoms with Crippen molar-refractivity contribution in [2.45, 2.75) is 13.5 Å². The largest absolute Gasteiger partial charge is 0.340 e. The monoisotopic (exact) mass is 272 g/mol. The Balaban J connectivity index is 1.80. The maximum Gasteiger partial charge on any atom is 0.0702 e. The van der Waals surface area contributed by atoms with Crippen LogP contribution in [0.5, 0.6) is 0 Å². The van der Waals surface area contributed by atoms with Gasteiger partial charge >= 0.3 is 0 Å². The quantitative estimate of drug-likeness (QED) is 0.523. The molecule has 0 fully saturated rings.